The van der Waals surface area contributed by atoms with Gasteiger partial charge in [0.25, 0.3) is 15.9 Å². The van der Waals surface area contributed by atoms with E-state index in [9.17, 15) is 13.2 Å². The van der Waals surface area contributed by atoms with E-state index < -0.39 is 15.6 Å². The largest absolute Gasteiger partial charge is 0.347 e. The van der Waals surface area contributed by atoms with Crippen LogP contribution in [0.4, 0.5) is 5.69 Å². The third kappa shape index (κ3) is 4.64. The van der Waals surface area contributed by atoms with Gasteiger partial charge < -0.3 is 5.32 Å². The Kier molecular flexibility index (Phi) is 5.47. The molecule has 2 rings (SSSR count). The summed E-state index contributed by atoms with van der Waals surface area (Å²) in [6, 6.07) is 10.3. The van der Waals surface area contributed by atoms with Gasteiger partial charge in [-0.2, -0.15) is 0 Å². The Labute approximate surface area is 155 Å². The van der Waals surface area contributed by atoms with Gasteiger partial charge in [0.15, 0.2) is 0 Å². The molecule has 1 amide bonds. The molecule has 2 aromatic carbocycles. The average molecular weight is 375 g/mol. The highest BCUT2D eigenvalue weighted by Crippen LogP contribution is 2.26. The van der Waals surface area contributed by atoms with Crippen molar-refractivity contribution in [1.82, 2.24) is 5.32 Å². The highest BCUT2D eigenvalue weighted by Gasteiger charge is 2.23. The summed E-state index contributed by atoms with van der Waals surface area (Å²) in [5.41, 5.74) is 2.47. The second-order valence-corrected chi connectivity index (χ2v) is 9.20. The minimum absolute atomic E-state index is 0.245. The number of hydrogen-bond acceptors (Lipinski definition) is 3. The molecule has 0 radical (unpaired) electrons. The first-order valence-electron chi connectivity index (χ1n) is 8.43. The van der Waals surface area contributed by atoms with Gasteiger partial charge in [0.1, 0.15) is 0 Å². The quantitative estimate of drug-likeness (QED) is 0.851. The van der Waals surface area contributed by atoms with Crippen molar-refractivity contribution in [1.29, 1.82) is 0 Å². The first-order chi connectivity index (χ1) is 11.9. The number of carbonyl (C=O) groups is 1. The van der Waals surface area contributed by atoms with Crippen molar-refractivity contribution < 1.29 is 13.2 Å². The predicted octanol–water partition coefficient (Wildman–Crippen LogP) is 3.94. The van der Waals surface area contributed by atoms with Gasteiger partial charge in [-0.25, -0.2) is 8.42 Å². The summed E-state index contributed by atoms with van der Waals surface area (Å²) in [5, 5.41) is 2.86. The zero-order valence-electron chi connectivity index (χ0n) is 16.1. The molecule has 0 atom stereocenters. The van der Waals surface area contributed by atoms with Crippen molar-refractivity contribution in [2.45, 2.75) is 52.0 Å². The monoisotopic (exact) mass is 374 g/mol. The first-order valence-corrected chi connectivity index (χ1v) is 9.91. The number of hydrogen-bond donors (Lipinski definition) is 2. The van der Waals surface area contributed by atoms with E-state index in [4.69, 9.17) is 0 Å². The van der Waals surface area contributed by atoms with E-state index in [1.807, 2.05) is 39.8 Å². The van der Waals surface area contributed by atoms with Gasteiger partial charge in [0, 0.05) is 5.54 Å². The Morgan fingerprint density at radius 1 is 0.962 bits per heavy atom. The van der Waals surface area contributed by atoms with Crippen LogP contribution >= 0.6 is 0 Å². The van der Waals surface area contributed by atoms with Gasteiger partial charge in [-0.05, 0) is 64.8 Å². The number of anilines is 1. The molecule has 6 heteroatoms. The molecule has 5 nitrogen and oxygen atoms in total. The number of benzene rings is 2. The molecule has 0 aliphatic rings. The molecule has 0 saturated carbocycles. The summed E-state index contributed by atoms with van der Waals surface area (Å²) in [4.78, 5) is 12.8. The third-order valence-electron chi connectivity index (χ3n) is 3.78. The Balaban J connectivity index is 2.45. The number of carbonyl (C=O) groups excluding carboxylic acids is 1. The van der Waals surface area contributed by atoms with Crippen molar-refractivity contribution in [2.75, 3.05) is 4.72 Å². The molecule has 140 valence electrons. The Morgan fingerprint density at radius 2 is 1.50 bits per heavy atom. The van der Waals surface area contributed by atoms with E-state index in [1.54, 1.807) is 38.1 Å². The molecule has 0 aliphatic carbocycles. The fourth-order valence-electron chi connectivity index (χ4n) is 2.96. The zero-order valence-corrected chi connectivity index (χ0v) is 16.9. The zero-order chi connectivity index (χ0) is 19.7. The Morgan fingerprint density at radius 3 is 2.04 bits per heavy atom. The van der Waals surface area contributed by atoms with E-state index >= 15 is 0 Å². The lowest BCUT2D eigenvalue weighted by molar-refractivity contribution is 0.0920. The summed E-state index contributed by atoms with van der Waals surface area (Å²) in [6.45, 7) is 11.1. The Bertz CT molecular complexity index is 919. The number of nitrogens with one attached hydrogen (secondary N) is 2. The smallest absolute Gasteiger partial charge is 0.262 e. The highest BCUT2D eigenvalue weighted by molar-refractivity contribution is 7.92. The normalized spacial score (nSPS) is 11.9. The standard InChI is InChI=1S/C20H26N2O3S/c1-13-11-14(2)18(15(3)12-13)26(24,25)22-17-10-8-7-9-16(17)19(23)21-20(4,5)6/h7-12,22H,1-6H3,(H,21,23). The molecule has 2 N–H and O–H groups in total. The summed E-state index contributed by atoms with van der Waals surface area (Å²) in [6.07, 6.45) is 0. The maximum atomic E-state index is 13.0. The number of rotatable bonds is 4. The fourth-order valence-corrected chi connectivity index (χ4v) is 4.50. The summed E-state index contributed by atoms with van der Waals surface area (Å²) in [7, 11) is -3.82. The van der Waals surface area contributed by atoms with Gasteiger partial charge in [-0.3, -0.25) is 9.52 Å². The lowest BCUT2D eigenvalue weighted by Crippen LogP contribution is -2.40. The van der Waals surface area contributed by atoms with Crippen LogP contribution in [0.5, 0.6) is 0 Å². The minimum atomic E-state index is -3.82. The average Bonchev–Trinajstić information content (AvgIpc) is 2.43. The lowest BCUT2D eigenvalue weighted by Gasteiger charge is -2.22. The third-order valence-corrected chi connectivity index (χ3v) is 5.45. The SMILES string of the molecule is Cc1cc(C)c(S(=O)(=O)Nc2ccccc2C(=O)NC(C)(C)C)c(C)c1. The van der Waals surface area contributed by atoms with Crippen LogP contribution in [0.25, 0.3) is 0 Å². The van der Waals surface area contributed by atoms with Crippen LogP contribution in [0.1, 0.15) is 47.8 Å². The number of para-hydroxylation sites is 1. The molecule has 0 fully saturated rings. The summed E-state index contributed by atoms with van der Waals surface area (Å²) < 4.78 is 28.5. The molecular weight excluding hydrogens is 348 g/mol. The predicted molar refractivity (Wildman–Crippen MR) is 105 cm³/mol. The van der Waals surface area contributed by atoms with Crippen molar-refractivity contribution in [2.24, 2.45) is 0 Å². The minimum Gasteiger partial charge on any atom is -0.347 e. The molecule has 0 unspecified atom stereocenters. The molecule has 0 aromatic heterocycles. The van der Waals surface area contributed by atoms with E-state index in [0.29, 0.717) is 11.1 Å². The van der Waals surface area contributed by atoms with Crippen molar-refractivity contribution in [3.8, 4) is 0 Å². The second kappa shape index (κ2) is 7.11. The fraction of sp³-hybridized carbons (Fsp3) is 0.350. The van der Waals surface area contributed by atoms with Gasteiger partial charge in [0.05, 0.1) is 16.1 Å². The molecule has 26 heavy (non-hydrogen) atoms. The second-order valence-electron chi connectivity index (χ2n) is 7.58. The van der Waals surface area contributed by atoms with Crippen LogP contribution in [-0.2, 0) is 10.0 Å². The Hall–Kier alpha value is -2.34. The molecular formula is C20H26N2O3S. The van der Waals surface area contributed by atoms with Gasteiger partial charge in [-0.15, -0.1) is 0 Å². The van der Waals surface area contributed by atoms with Gasteiger partial charge >= 0.3 is 0 Å². The van der Waals surface area contributed by atoms with Crippen LogP contribution in [0, 0.1) is 20.8 Å². The number of aryl methyl sites for hydroxylation is 3. The van der Waals surface area contributed by atoms with E-state index in [-0.39, 0.29) is 22.1 Å². The maximum absolute atomic E-state index is 13.0. The molecule has 0 spiro atoms. The maximum Gasteiger partial charge on any atom is 0.262 e. The van der Waals surface area contributed by atoms with E-state index in [2.05, 4.69) is 10.0 Å². The number of sulfonamides is 1. The van der Waals surface area contributed by atoms with Gasteiger partial charge in [-0.1, -0.05) is 29.8 Å². The van der Waals surface area contributed by atoms with Crippen LogP contribution in [0.15, 0.2) is 41.3 Å². The van der Waals surface area contributed by atoms with E-state index in [1.165, 1.54) is 0 Å². The summed E-state index contributed by atoms with van der Waals surface area (Å²) >= 11 is 0. The van der Waals surface area contributed by atoms with Crippen LogP contribution in [-0.4, -0.2) is 19.9 Å². The molecule has 0 aliphatic heterocycles. The number of amides is 1. The molecule has 2 aromatic rings. The molecule has 0 heterocycles. The lowest BCUT2D eigenvalue weighted by atomic mass is 10.1. The van der Waals surface area contributed by atoms with Crippen molar-refractivity contribution in [3.63, 3.8) is 0 Å². The highest BCUT2D eigenvalue weighted by atomic mass is 32.2. The molecule has 0 saturated heterocycles. The van der Waals surface area contributed by atoms with Crippen molar-refractivity contribution in [3.05, 3.63) is 58.7 Å². The molecule has 0 bridgehead atoms. The van der Waals surface area contributed by atoms with E-state index in [0.717, 1.165) is 5.56 Å². The van der Waals surface area contributed by atoms with Crippen LogP contribution < -0.4 is 10.0 Å². The van der Waals surface area contributed by atoms with Crippen LogP contribution in [0.2, 0.25) is 0 Å². The topological polar surface area (TPSA) is 75.3 Å². The van der Waals surface area contributed by atoms with Gasteiger partial charge in [0.2, 0.25) is 0 Å². The summed E-state index contributed by atoms with van der Waals surface area (Å²) in [5.74, 6) is -0.326. The van der Waals surface area contributed by atoms with Crippen molar-refractivity contribution >= 4 is 21.6 Å². The van der Waals surface area contributed by atoms with Crippen LogP contribution in [0.3, 0.4) is 0 Å². The first kappa shape index (κ1) is 20.0.